The first-order chi connectivity index (χ1) is 11.5. The Hall–Kier alpha value is -2.47. The predicted octanol–water partition coefficient (Wildman–Crippen LogP) is 2.16. The average Bonchev–Trinajstić information content (AvgIpc) is 2.58. The molecule has 1 saturated heterocycles. The quantitative estimate of drug-likeness (QED) is 0.935. The van der Waals surface area contributed by atoms with Crippen molar-refractivity contribution in [1.82, 2.24) is 9.97 Å². The van der Waals surface area contributed by atoms with Gasteiger partial charge in [-0.05, 0) is 31.9 Å². The fraction of sp³-hybridized carbons (Fsp3) is 0.389. The molecule has 1 amide bonds. The smallest absolute Gasteiger partial charge is 0.268 e. The second-order valence-corrected chi connectivity index (χ2v) is 6.31. The number of hydrogen-bond donors (Lipinski definition) is 1. The lowest BCUT2D eigenvalue weighted by Gasteiger charge is -2.39. The number of nitrogens with zero attached hydrogens (tertiary/aromatic N) is 3. The van der Waals surface area contributed by atoms with Gasteiger partial charge in [0.1, 0.15) is 17.6 Å². The van der Waals surface area contributed by atoms with Crippen molar-refractivity contribution < 1.29 is 9.53 Å². The summed E-state index contributed by atoms with van der Waals surface area (Å²) in [5, 5.41) is 0. The van der Waals surface area contributed by atoms with Crippen LogP contribution in [-0.2, 0) is 4.74 Å². The van der Waals surface area contributed by atoms with Gasteiger partial charge in [0.2, 0.25) is 0 Å². The molecule has 1 aromatic heterocycles. The molecule has 2 heterocycles. The van der Waals surface area contributed by atoms with Crippen LogP contribution in [0, 0.1) is 13.8 Å². The molecule has 6 heteroatoms. The van der Waals surface area contributed by atoms with Gasteiger partial charge in [0.25, 0.3) is 5.91 Å². The molecule has 6 nitrogen and oxygen atoms in total. The maximum Gasteiger partial charge on any atom is 0.268 e. The molecule has 0 spiro atoms. The predicted molar refractivity (Wildman–Crippen MR) is 92.0 cm³/mol. The molecule has 0 bridgehead atoms. The molecule has 1 aliphatic heterocycles. The van der Waals surface area contributed by atoms with Crippen molar-refractivity contribution in [3.8, 4) is 0 Å². The van der Waals surface area contributed by atoms with E-state index in [-0.39, 0.29) is 17.8 Å². The summed E-state index contributed by atoms with van der Waals surface area (Å²) in [4.78, 5) is 21.8. The molecule has 2 atom stereocenters. The number of amides is 1. The SMILES string of the molecule is Cc1ccc(C)c([C@@H]2CN(c3cnc(C(N)=O)cn3)[C@@H](C)CO2)c1. The zero-order valence-electron chi connectivity index (χ0n) is 14.2. The minimum absolute atomic E-state index is 0.0151. The monoisotopic (exact) mass is 326 g/mol. The van der Waals surface area contributed by atoms with Crippen LogP contribution in [0.15, 0.2) is 30.6 Å². The van der Waals surface area contributed by atoms with E-state index in [1.807, 2.05) is 0 Å². The highest BCUT2D eigenvalue weighted by molar-refractivity contribution is 5.90. The van der Waals surface area contributed by atoms with Crippen LogP contribution in [0.1, 0.15) is 40.2 Å². The summed E-state index contributed by atoms with van der Waals surface area (Å²) in [7, 11) is 0. The van der Waals surface area contributed by atoms with Crippen LogP contribution in [0.2, 0.25) is 0 Å². The molecule has 24 heavy (non-hydrogen) atoms. The molecule has 1 aromatic carbocycles. The fourth-order valence-electron chi connectivity index (χ4n) is 2.97. The fourth-order valence-corrected chi connectivity index (χ4v) is 2.97. The van der Waals surface area contributed by atoms with E-state index in [1.54, 1.807) is 6.20 Å². The number of primary amides is 1. The Balaban J connectivity index is 1.85. The minimum Gasteiger partial charge on any atom is -0.370 e. The molecule has 0 unspecified atom stereocenters. The normalized spacial score (nSPS) is 20.9. The van der Waals surface area contributed by atoms with Crippen molar-refractivity contribution in [1.29, 1.82) is 0 Å². The van der Waals surface area contributed by atoms with Gasteiger partial charge in [-0.2, -0.15) is 0 Å². The lowest BCUT2D eigenvalue weighted by Crippen LogP contribution is -2.45. The number of hydrogen-bond acceptors (Lipinski definition) is 5. The Morgan fingerprint density at radius 2 is 2.08 bits per heavy atom. The number of aryl methyl sites for hydroxylation is 2. The van der Waals surface area contributed by atoms with Gasteiger partial charge >= 0.3 is 0 Å². The average molecular weight is 326 g/mol. The van der Waals surface area contributed by atoms with Crippen LogP contribution in [0.5, 0.6) is 0 Å². The summed E-state index contributed by atoms with van der Waals surface area (Å²) < 4.78 is 6.06. The van der Waals surface area contributed by atoms with E-state index < -0.39 is 5.91 Å². The topological polar surface area (TPSA) is 81.3 Å². The lowest BCUT2D eigenvalue weighted by molar-refractivity contribution is 0.0208. The lowest BCUT2D eigenvalue weighted by atomic mass is 9.99. The summed E-state index contributed by atoms with van der Waals surface area (Å²) in [6.45, 7) is 7.57. The van der Waals surface area contributed by atoms with Crippen molar-refractivity contribution in [3.63, 3.8) is 0 Å². The second-order valence-electron chi connectivity index (χ2n) is 6.31. The zero-order valence-corrected chi connectivity index (χ0v) is 14.2. The van der Waals surface area contributed by atoms with Gasteiger partial charge in [-0.1, -0.05) is 23.8 Å². The Morgan fingerprint density at radius 1 is 1.29 bits per heavy atom. The van der Waals surface area contributed by atoms with E-state index in [1.165, 1.54) is 22.9 Å². The van der Waals surface area contributed by atoms with E-state index in [2.05, 4.69) is 53.8 Å². The van der Waals surface area contributed by atoms with E-state index >= 15 is 0 Å². The maximum atomic E-state index is 11.1. The third-order valence-corrected chi connectivity index (χ3v) is 4.40. The number of morpholine rings is 1. The van der Waals surface area contributed by atoms with Crippen molar-refractivity contribution in [2.75, 3.05) is 18.1 Å². The highest BCUT2D eigenvalue weighted by Crippen LogP contribution is 2.30. The maximum absolute atomic E-state index is 11.1. The van der Waals surface area contributed by atoms with Crippen molar-refractivity contribution in [2.45, 2.75) is 32.9 Å². The van der Waals surface area contributed by atoms with E-state index in [9.17, 15) is 4.79 Å². The third kappa shape index (κ3) is 3.23. The Morgan fingerprint density at radius 3 is 2.75 bits per heavy atom. The largest absolute Gasteiger partial charge is 0.370 e. The highest BCUT2D eigenvalue weighted by atomic mass is 16.5. The van der Waals surface area contributed by atoms with E-state index in [0.717, 1.165) is 5.82 Å². The molecule has 0 aliphatic carbocycles. The van der Waals surface area contributed by atoms with Gasteiger partial charge in [0, 0.05) is 0 Å². The van der Waals surface area contributed by atoms with Crippen molar-refractivity contribution >= 4 is 11.7 Å². The van der Waals surface area contributed by atoms with Crippen LogP contribution in [0.3, 0.4) is 0 Å². The highest BCUT2D eigenvalue weighted by Gasteiger charge is 2.29. The first-order valence-electron chi connectivity index (χ1n) is 8.03. The summed E-state index contributed by atoms with van der Waals surface area (Å²) >= 11 is 0. The van der Waals surface area contributed by atoms with Gasteiger partial charge in [0.15, 0.2) is 0 Å². The summed E-state index contributed by atoms with van der Waals surface area (Å²) in [6.07, 6.45) is 3.01. The molecule has 0 radical (unpaired) electrons. The van der Waals surface area contributed by atoms with Crippen LogP contribution in [-0.4, -0.2) is 35.1 Å². The van der Waals surface area contributed by atoms with E-state index in [4.69, 9.17) is 10.5 Å². The van der Waals surface area contributed by atoms with Gasteiger partial charge < -0.3 is 15.4 Å². The number of rotatable bonds is 3. The molecule has 3 rings (SSSR count). The molecular weight excluding hydrogens is 304 g/mol. The van der Waals surface area contributed by atoms with Gasteiger partial charge in [0.05, 0.1) is 31.6 Å². The van der Waals surface area contributed by atoms with Gasteiger partial charge in [-0.3, -0.25) is 4.79 Å². The van der Waals surface area contributed by atoms with Gasteiger partial charge in [-0.25, -0.2) is 9.97 Å². The third-order valence-electron chi connectivity index (χ3n) is 4.40. The molecule has 1 fully saturated rings. The standard InChI is InChI=1S/C18H22N4O2/c1-11-4-5-12(2)14(6-11)16-9-22(13(3)10-24-16)17-8-20-15(7-21-17)18(19)23/h4-8,13,16H,9-10H2,1-3H3,(H2,19,23)/t13-,16-/m0/s1. The summed E-state index contributed by atoms with van der Waals surface area (Å²) in [5.74, 6) is 0.156. The first kappa shape index (κ1) is 16.4. The van der Waals surface area contributed by atoms with Crippen LogP contribution in [0.25, 0.3) is 0 Å². The van der Waals surface area contributed by atoms with Crippen LogP contribution >= 0.6 is 0 Å². The molecule has 0 saturated carbocycles. The Labute approximate surface area is 141 Å². The number of anilines is 1. The van der Waals surface area contributed by atoms with E-state index in [0.29, 0.717) is 13.2 Å². The second kappa shape index (κ2) is 6.57. The molecule has 2 N–H and O–H groups in total. The zero-order chi connectivity index (χ0) is 17.3. The van der Waals surface area contributed by atoms with Crippen LogP contribution in [0.4, 0.5) is 5.82 Å². The Kier molecular flexibility index (Phi) is 4.49. The number of ether oxygens (including phenoxy) is 1. The molecule has 126 valence electrons. The molecule has 1 aliphatic rings. The van der Waals surface area contributed by atoms with Gasteiger partial charge in [-0.15, -0.1) is 0 Å². The van der Waals surface area contributed by atoms with Crippen LogP contribution < -0.4 is 10.6 Å². The summed E-state index contributed by atoms with van der Waals surface area (Å²) in [6, 6.07) is 6.59. The Bertz CT molecular complexity index is 745. The number of benzene rings is 1. The molecular formula is C18H22N4O2. The van der Waals surface area contributed by atoms with Crippen molar-refractivity contribution in [2.24, 2.45) is 5.73 Å². The number of carbonyl (C=O) groups is 1. The first-order valence-corrected chi connectivity index (χ1v) is 8.03. The minimum atomic E-state index is -0.572. The molecule has 2 aromatic rings. The van der Waals surface area contributed by atoms with Crippen molar-refractivity contribution in [3.05, 3.63) is 53.0 Å². The number of nitrogens with two attached hydrogens (primary N) is 1. The summed E-state index contributed by atoms with van der Waals surface area (Å²) in [5.41, 5.74) is 9.03. The number of aromatic nitrogens is 2. The number of carbonyl (C=O) groups excluding carboxylic acids is 1.